The Kier molecular flexibility index (Phi) is 34.1. The number of hydrogen-bond acceptors (Lipinski definition) is 4. The second-order valence-electron chi connectivity index (χ2n) is 12.8. The molecule has 284 valence electrons. The fourth-order valence-corrected chi connectivity index (χ4v) is 5.84. The van der Waals surface area contributed by atoms with Crippen LogP contribution in [0.25, 0.3) is 0 Å². The van der Waals surface area contributed by atoms with Crippen LogP contribution in [-0.2, 0) is 14.9 Å². The number of unbranched alkanes of at least 4 members (excludes halogenated alkanes) is 11. The molecule has 0 aromatic heterocycles. The summed E-state index contributed by atoms with van der Waals surface area (Å²) in [6.45, 7) is 4.39. The zero-order chi connectivity index (χ0) is 36.8. The van der Waals surface area contributed by atoms with Gasteiger partial charge in [0.1, 0.15) is 0 Å². The summed E-state index contributed by atoms with van der Waals surface area (Å²) in [5.74, 6) is -1.10. The average molecular weight is 714 g/mol. The number of carbonyl (C=O) groups excluding carboxylic acids is 1. The Labute approximate surface area is 307 Å². The molecule has 0 saturated heterocycles. The van der Waals surface area contributed by atoms with Crippen LogP contribution in [0.3, 0.4) is 0 Å². The molecule has 0 heterocycles. The van der Waals surface area contributed by atoms with Crippen LogP contribution >= 0.6 is 0 Å². The summed E-state index contributed by atoms with van der Waals surface area (Å²) in [4.78, 5) is 12.5. The SMILES string of the molecule is CC/C=C\C/C=C\C/C=C\C/C=C\C/C=C\CCCC(=O)NC(CS(=O)(=O)O)C(O)/C=C/CC/C=C/CC/C=C/CCCCCCCCCC. The molecule has 0 spiro atoms. The summed E-state index contributed by atoms with van der Waals surface area (Å²) in [6, 6.07) is -1.12. The standard InChI is InChI=1S/C43H71NO5S/c1-3-5-7-9-11-13-15-17-19-21-23-24-26-28-30-32-34-36-38-42(45)41(40-50(47,48)49)44-43(46)39-37-35-33-31-29-27-25-22-20-18-16-14-12-10-8-6-4-2/h6,8,12,14,18,20-21,23,25,27-28,30-31,33,36,38,41-42,45H,3-5,7,9-11,13,15-17,19,22,24,26,29,32,34-35,37,39-40H2,1-2H3,(H,44,46)(H,47,48,49)/b8-6-,14-12-,20-18-,23-21+,27-25-,30-28+,33-31-,38-36+. The smallest absolute Gasteiger partial charge is 0.267 e. The molecule has 2 atom stereocenters. The number of rotatable bonds is 33. The van der Waals surface area contributed by atoms with Gasteiger partial charge in [-0.2, -0.15) is 8.42 Å². The number of aliphatic hydroxyl groups is 1. The zero-order valence-electron chi connectivity index (χ0n) is 31.5. The molecule has 0 aromatic rings. The fraction of sp³-hybridized carbons (Fsp3) is 0.605. The van der Waals surface area contributed by atoms with Gasteiger partial charge in [-0.3, -0.25) is 9.35 Å². The van der Waals surface area contributed by atoms with Crippen LogP contribution in [0.2, 0.25) is 0 Å². The van der Waals surface area contributed by atoms with Crippen molar-refractivity contribution in [1.29, 1.82) is 0 Å². The van der Waals surface area contributed by atoms with Gasteiger partial charge >= 0.3 is 0 Å². The highest BCUT2D eigenvalue weighted by Crippen LogP contribution is 2.10. The molecule has 0 bridgehead atoms. The molecule has 1 amide bonds. The Morgan fingerprint density at radius 2 is 0.980 bits per heavy atom. The van der Waals surface area contributed by atoms with E-state index in [0.29, 0.717) is 12.8 Å². The largest absolute Gasteiger partial charge is 0.387 e. The van der Waals surface area contributed by atoms with Gasteiger partial charge in [0.05, 0.1) is 17.9 Å². The Balaban J connectivity index is 4.18. The van der Waals surface area contributed by atoms with Gasteiger partial charge in [-0.15, -0.1) is 0 Å². The van der Waals surface area contributed by atoms with Gasteiger partial charge < -0.3 is 10.4 Å². The number of aliphatic hydroxyl groups excluding tert-OH is 1. The fourth-order valence-electron chi connectivity index (χ4n) is 5.10. The molecule has 3 N–H and O–H groups in total. The van der Waals surface area contributed by atoms with E-state index in [-0.39, 0.29) is 12.3 Å². The molecule has 0 aliphatic rings. The molecule has 6 nitrogen and oxygen atoms in total. The maximum atomic E-state index is 12.5. The third-order valence-corrected chi connectivity index (χ3v) is 8.75. The highest BCUT2D eigenvalue weighted by atomic mass is 32.2. The number of carbonyl (C=O) groups is 1. The van der Waals surface area contributed by atoms with Crippen LogP contribution in [0.4, 0.5) is 0 Å². The van der Waals surface area contributed by atoms with Crippen molar-refractivity contribution in [1.82, 2.24) is 5.32 Å². The van der Waals surface area contributed by atoms with Crippen LogP contribution < -0.4 is 5.32 Å². The van der Waals surface area contributed by atoms with Crippen molar-refractivity contribution in [2.45, 2.75) is 161 Å². The van der Waals surface area contributed by atoms with E-state index in [9.17, 15) is 22.9 Å². The molecule has 0 aliphatic carbocycles. The quantitative estimate of drug-likeness (QED) is 0.0357. The van der Waals surface area contributed by atoms with E-state index < -0.39 is 28.0 Å². The van der Waals surface area contributed by atoms with Gasteiger partial charge in [-0.1, -0.05) is 156 Å². The average Bonchev–Trinajstić information content (AvgIpc) is 3.08. The number of hydrogen-bond donors (Lipinski definition) is 3. The van der Waals surface area contributed by atoms with E-state index in [1.54, 1.807) is 6.08 Å². The van der Waals surface area contributed by atoms with Crippen LogP contribution in [0.15, 0.2) is 97.2 Å². The molecule has 0 radical (unpaired) electrons. The predicted molar refractivity (Wildman–Crippen MR) is 216 cm³/mol. The van der Waals surface area contributed by atoms with Crippen molar-refractivity contribution < 1.29 is 22.9 Å². The molecular weight excluding hydrogens is 643 g/mol. The normalized spacial score (nSPS) is 14.4. The second-order valence-corrected chi connectivity index (χ2v) is 14.3. The maximum absolute atomic E-state index is 12.5. The first kappa shape index (κ1) is 47.3. The van der Waals surface area contributed by atoms with Crippen molar-refractivity contribution in [3.63, 3.8) is 0 Å². The van der Waals surface area contributed by atoms with Gasteiger partial charge in [0, 0.05) is 6.42 Å². The number of allylic oxidation sites excluding steroid dienone is 15. The molecule has 2 unspecified atom stereocenters. The molecule has 0 fully saturated rings. The summed E-state index contributed by atoms with van der Waals surface area (Å²) >= 11 is 0. The lowest BCUT2D eigenvalue weighted by atomic mass is 10.1. The summed E-state index contributed by atoms with van der Waals surface area (Å²) in [5, 5.41) is 13.1. The molecule has 0 aliphatic heterocycles. The molecule has 7 heteroatoms. The lowest BCUT2D eigenvalue weighted by Crippen LogP contribution is -2.46. The molecular formula is C43H71NO5S. The monoisotopic (exact) mass is 714 g/mol. The van der Waals surface area contributed by atoms with Gasteiger partial charge in [0.25, 0.3) is 10.1 Å². The first-order valence-electron chi connectivity index (χ1n) is 19.4. The second kappa shape index (κ2) is 36.1. The maximum Gasteiger partial charge on any atom is 0.267 e. The summed E-state index contributed by atoms with van der Waals surface area (Å²) in [7, 11) is -4.38. The van der Waals surface area contributed by atoms with Gasteiger partial charge in [0.15, 0.2) is 0 Å². The van der Waals surface area contributed by atoms with Crippen LogP contribution in [0, 0.1) is 0 Å². The highest BCUT2D eigenvalue weighted by molar-refractivity contribution is 7.85. The molecule has 0 saturated carbocycles. The van der Waals surface area contributed by atoms with E-state index in [1.807, 2.05) is 6.08 Å². The molecule has 0 aromatic carbocycles. The molecule has 50 heavy (non-hydrogen) atoms. The Hall–Kier alpha value is -2.74. The number of nitrogens with one attached hydrogen (secondary N) is 1. The minimum Gasteiger partial charge on any atom is -0.387 e. The van der Waals surface area contributed by atoms with Crippen LogP contribution in [-0.4, -0.2) is 41.9 Å². The van der Waals surface area contributed by atoms with Gasteiger partial charge in [-0.25, -0.2) is 0 Å². The highest BCUT2D eigenvalue weighted by Gasteiger charge is 2.24. The number of amides is 1. The summed E-state index contributed by atoms with van der Waals surface area (Å²) in [5.41, 5.74) is 0. The summed E-state index contributed by atoms with van der Waals surface area (Å²) in [6.07, 6.45) is 53.9. The molecule has 0 rings (SSSR count). The Morgan fingerprint density at radius 1 is 0.560 bits per heavy atom. The van der Waals surface area contributed by atoms with Crippen molar-refractivity contribution in [3.8, 4) is 0 Å². The van der Waals surface area contributed by atoms with Crippen LogP contribution in [0.1, 0.15) is 149 Å². The van der Waals surface area contributed by atoms with Gasteiger partial charge in [0.2, 0.25) is 5.91 Å². The minimum atomic E-state index is -4.38. The van der Waals surface area contributed by atoms with Gasteiger partial charge in [-0.05, 0) is 83.5 Å². The lowest BCUT2D eigenvalue weighted by Gasteiger charge is -2.21. The van der Waals surface area contributed by atoms with Crippen molar-refractivity contribution in [2.24, 2.45) is 0 Å². The Bertz CT molecular complexity index is 1140. The van der Waals surface area contributed by atoms with E-state index >= 15 is 0 Å². The zero-order valence-corrected chi connectivity index (χ0v) is 32.3. The first-order valence-corrected chi connectivity index (χ1v) is 21.0. The van der Waals surface area contributed by atoms with E-state index in [0.717, 1.165) is 64.2 Å². The Morgan fingerprint density at radius 3 is 1.50 bits per heavy atom. The lowest BCUT2D eigenvalue weighted by molar-refractivity contribution is -0.122. The minimum absolute atomic E-state index is 0.200. The van der Waals surface area contributed by atoms with E-state index in [2.05, 4.69) is 98.2 Å². The predicted octanol–water partition coefficient (Wildman–Crippen LogP) is 11.4. The van der Waals surface area contributed by atoms with E-state index in [1.165, 1.54) is 57.4 Å². The summed E-state index contributed by atoms with van der Waals surface area (Å²) < 4.78 is 32.4. The van der Waals surface area contributed by atoms with Crippen molar-refractivity contribution in [3.05, 3.63) is 97.2 Å². The van der Waals surface area contributed by atoms with Crippen LogP contribution in [0.5, 0.6) is 0 Å². The third kappa shape index (κ3) is 36.5. The topological polar surface area (TPSA) is 104 Å². The van der Waals surface area contributed by atoms with Crippen molar-refractivity contribution >= 4 is 16.0 Å². The van der Waals surface area contributed by atoms with Crippen molar-refractivity contribution in [2.75, 3.05) is 5.75 Å². The first-order chi connectivity index (χ1) is 24.3. The third-order valence-electron chi connectivity index (χ3n) is 7.97. The van der Waals surface area contributed by atoms with E-state index in [4.69, 9.17) is 0 Å².